The average molecular weight is 254 g/mol. The zero-order chi connectivity index (χ0) is 12.2. The number of nitrogens with zero attached hydrogens (tertiary/aromatic N) is 3. The lowest BCUT2D eigenvalue weighted by Crippen LogP contribution is -1.93. The molecule has 0 atom stereocenters. The van der Waals surface area contributed by atoms with Gasteiger partial charge in [0.25, 0.3) is 0 Å². The van der Waals surface area contributed by atoms with Crippen molar-refractivity contribution in [1.29, 1.82) is 0 Å². The summed E-state index contributed by atoms with van der Waals surface area (Å²) in [4.78, 5) is 12.8. The molecule has 3 rings (SSSR count). The van der Waals surface area contributed by atoms with Gasteiger partial charge in [0.2, 0.25) is 0 Å². The molecule has 0 aromatic carbocycles. The zero-order valence-corrected chi connectivity index (χ0v) is 10.3. The average Bonchev–Trinajstić information content (AvgIpc) is 2.93. The molecule has 0 amide bonds. The number of hydrogen-bond acceptors (Lipinski definition) is 5. The second-order valence-electron chi connectivity index (χ2n) is 3.61. The van der Waals surface area contributed by atoms with Gasteiger partial charge in [0.05, 0.1) is 23.1 Å². The fraction of sp³-hybridized carbons (Fsp3) is 0. The van der Waals surface area contributed by atoms with Gasteiger partial charge in [0.1, 0.15) is 10.8 Å². The Bertz CT molecular complexity index is 623. The van der Waals surface area contributed by atoms with Gasteiger partial charge in [-0.15, -0.1) is 11.3 Å². The summed E-state index contributed by atoms with van der Waals surface area (Å²) in [6.45, 7) is 0. The van der Waals surface area contributed by atoms with Crippen LogP contribution in [0.2, 0.25) is 0 Å². The van der Waals surface area contributed by atoms with Crippen LogP contribution in [0.4, 0.5) is 10.8 Å². The van der Waals surface area contributed by atoms with Gasteiger partial charge >= 0.3 is 0 Å². The van der Waals surface area contributed by atoms with E-state index in [4.69, 9.17) is 0 Å². The van der Waals surface area contributed by atoms with Crippen LogP contribution in [-0.4, -0.2) is 15.0 Å². The van der Waals surface area contributed by atoms with Gasteiger partial charge in [0, 0.05) is 6.20 Å². The van der Waals surface area contributed by atoms with E-state index in [1.807, 2.05) is 36.4 Å². The fourth-order valence-electron chi connectivity index (χ4n) is 1.56. The monoisotopic (exact) mass is 254 g/mol. The molecular formula is C13H10N4S. The molecule has 4 nitrogen and oxygen atoms in total. The van der Waals surface area contributed by atoms with Gasteiger partial charge < -0.3 is 5.32 Å². The molecule has 0 bridgehead atoms. The molecule has 0 aliphatic rings. The summed E-state index contributed by atoms with van der Waals surface area (Å²) < 4.78 is 0. The SMILES string of the molecule is c1ccc(-c2cccc(Nc3cncs3)n2)nc1. The van der Waals surface area contributed by atoms with Crippen molar-refractivity contribution in [2.75, 3.05) is 5.32 Å². The maximum absolute atomic E-state index is 4.52. The second-order valence-corrected chi connectivity index (χ2v) is 4.50. The van der Waals surface area contributed by atoms with E-state index in [1.54, 1.807) is 29.2 Å². The Morgan fingerprint density at radius 3 is 2.72 bits per heavy atom. The highest BCUT2D eigenvalue weighted by atomic mass is 32.1. The van der Waals surface area contributed by atoms with E-state index in [-0.39, 0.29) is 0 Å². The van der Waals surface area contributed by atoms with Crippen LogP contribution in [0.15, 0.2) is 54.3 Å². The first-order valence-corrected chi connectivity index (χ1v) is 6.34. The molecule has 0 fully saturated rings. The number of thiazole rings is 1. The van der Waals surface area contributed by atoms with Gasteiger partial charge in [-0.3, -0.25) is 9.97 Å². The van der Waals surface area contributed by atoms with Crippen molar-refractivity contribution in [3.05, 3.63) is 54.3 Å². The van der Waals surface area contributed by atoms with Crippen LogP contribution >= 0.6 is 11.3 Å². The number of anilines is 2. The molecule has 3 aromatic heterocycles. The highest BCUT2D eigenvalue weighted by Crippen LogP contribution is 2.21. The lowest BCUT2D eigenvalue weighted by Gasteiger charge is -2.04. The Balaban J connectivity index is 1.90. The van der Waals surface area contributed by atoms with Crippen molar-refractivity contribution in [3.63, 3.8) is 0 Å². The lowest BCUT2D eigenvalue weighted by atomic mass is 10.2. The summed E-state index contributed by atoms with van der Waals surface area (Å²) >= 11 is 1.54. The van der Waals surface area contributed by atoms with Crippen molar-refractivity contribution in [3.8, 4) is 11.4 Å². The van der Waals surface area contributed by atoms with Gasteiger partial charge in [-0.25, -0.2) is 4.98 Å². The first-order valence-electron chi connectivity index (χ1n) is 5.46. The summed E-state index contributed by atoms with van der Waals surface area (Å²) in [6, 6.07) is 11.6. The van der Waals surface area contributed by atoms with Crippen LogP contribution < -0.4 is 5.32 Å². The summed E-state index contributed by atoms with van der Waals surface area (Å²) in [5, 5.41) is 4.18. The minimum Gasteiger partial charge on any atom is -0.331 e. The first-order chi connectivity index (χ1) is 8.92. The molecule has 0 saturated heterocycles. The first kappa shape index (κ1) is 10.9. The Hall–Kier alpha value is -2.27. The number of hydrogen-bond donors (Lipinski definition) is 1. The maximum atomic E-state index is 4.52. The third-order valence-electron chi connectivity index (χ3n) is 2.36. The highest BCUT2D eigenvalue weighted by molar-refractivity contribution is 7.13. The van der Waals surface area contributed by atoms with E-state index in [9.17, 15) is 0 Å². The Morgan fingerprint density at radius 1 is 1.00 bits per heavy atom. The van der Waals surface area contributed by atoms with Crippen LogP contribution in [0.5, 0.6) is 0 Å². The largest absolute Gasteiger partial charge is 0.331 e. The zero-order valence-electron chi connectivity index (χ0n) is 9.45. The molecule has 0 aliphatic heterocycles. The Labute approximate surface area is 108 Å². The highest BCUT2D eigenvalue weighted by Gasteiger charge is 2.02. The van der Waals surface area contributed by atoms with Crippen molar-refractivity contribution in [1.82, 2.24) is 15.0 Å². The minimum absolute atomic E-state index is 0.794. The summed E-state index contributed by atoms with van der Waals surface area (Å²) in [5.74, 6) is 0.794. The normalized spacial score (nSPS) is 10.2. The van der Waals surface area contributed by atoms with E-state index in [1.165, 1.54) is 0 Å². The van der Waals surface area contributed by atoms with Crippen LogP contribution in [0.25, 0.3) is 11.4 Å². The van der Waals surface area contributed by atoms with Gasteiger partial charge in [-0.1, -0.05) is 12.1 Å². The minimum atomic E-state index is 0.794. The number of pyridine rings is 2. The Morgan fingerprint density at radius 2 is 1.94 bits per heavy atom. The molecule has 3 aromatic rings. The number of aromatic nitrogens is 3. The van der Waals surface area contributed by atoms with Crippen molar-refractivity contribution >= 4 is 22.2 Å². The summed E-state index contributed by atoms with van der Waals surface area (Å²) in [6.07, 6.45) is 3.54. The van der Waals surface area contributed by atoms with E-state index in [0.717, 1.165) is 22.2 Å². The molecular weight excluding hydrogens is 244 g/mol. The molecule has 88 valence electrons. The van der Waals surface area contributed by atoms with E-state index >= 15 is 0 Å². The second kappa shape index (κ2) is 4.93. The quantitative estimate of drug-likeness (QED) is 0.778. The molecule has 0 radical (unpaired) electrons. The maximum Gasteiger partial charge on any atom is 0.131 e. The predicted octanol–water partition coefficient (Wildman–Crippen LogP) is 3.34. The Kier molecular flexibility index (Phi) is 2.97. The molecule has 5 heteroatoms. The smallest absolute Gasteiger partial charge is 0.131 e. The lowest BCUT2D eigenvalue weighted by molar-refractivity contribution is 1.24. The third kappa shape index (κ3) is 2.36. The van der Waals surface area contributed by atoms with Gasteiger partial charge in [-0.05, 0) is 24.3 Å². The fourth-order valence-corrected chi connectivity index (χ4v) is 2.09. The van der Waals surface area contributed by atoms with Crippen LogP contribution in [0, 0.1) is 0 Å². The van der Waals surface area contributed by atoms with Crippen molar-refractivity contribution in [2.24, 2.45) is 0 Å². The summed E-state index contributed by atoms with van der Waals surface area (Å²) in [5.41, 5.74) is 3.50. The van der Waals surface area contributed by atoms with E-state index in [0.29, 0.717) is 0 Å². The molecule has 0 aliphatic carbocycles. The molecule has 0 spiro atoms. The molecule has 0 saturated carbocycles. The van der Waals surface area contributed by atoms with Crippen LogP contribution in [0.1, 0.15) is 0 Å². The van der Waals surface area contributed by atoms with Crippen molar-refractivity contribution in [2.45, 2.75) is 0 Å². The van der Waals surface area contributed by atoms with Crippen LogP contribution in [0.3, 0.4) is 0 Å². The van der Waals surface area contributed by atoms with Crippen LogP contribution in [-0.2, 0) is 0 Å². The molecule has 1 N–H and O–H groups in total. The molecule has 18 heavy (non-hydrogen) atoms. The molecule has 3 heterocycles. The van der Waals surface area contributed by atoms with Gasteiger partial charge in [-0.2, -0.15) is 0 Å². The van der Waals surface area contributed by atoms with E-state index < -0.39 is 0 Å². The summed E-state index contributed by atoms with van der Waals surface area (Å²) in [7, 11) is 0. The third-order valence-corrected chi connectivity index (χ3v) is 3.05. The number of rotatable bonds is 3. The predicted molar refractivity (Wildman–Crippen MR) is 72.9 cm³/mol. The standard InChI is InChI=1S/C13H10N4S/c1-2-7-15-10(4-1)11-5-3-6-12(16-11)17-13-8-14-9-18-13/h1-9H,(H,16,17). The molecule has 0 unspecified atom stereocenters. The van der Waals surface area contributed by atoms with Gasteiger partial charge in [0.15, 0.2) is 0 Å². The topological polar surface area (TPSA) is 50.7 Å². The van der Waals surface area contributed by atoms with Crippen molar-refractivity contribution < 1.29 is 0 Å². The number of nitrogens with one attached hydrogen (secondary N) is 1. The van der Waals surface area contributed by atoms with E-state index in [2.05, 4.69) is 20.3 Å².